The van der Waals surface area contributed by atoms with Crippen LogP contribution < -0.4 is 5.32 Å². The van der Waals surface area contributed by atoms with Gasteiger partial charge in [-0.25, -0.2) is 0 Å². The van der Waals surface area contributed by atoms with Gasteiger partial charge in [0.25, 0.3) is 0 Å². The van der Waals surface area contributed by atoms with Gasteiger partial charge in [0.05, 0.1) is 25.0 Å². The van der Waals surface area contributed by atoms with Crippen molar-refractivity contribution >= 4 is 5.69 Å². The fraction of sp³-hybridized carbons (Fsp3) is 0.727. The molecule has 0 aliphatic heterocycles. The number of hydrogen-bond donors (Lipinski definition) is 1. The summed E-state index contributed by atoms with van der Waals surface area (Å²) in [5.41, 5.74) is 1.08. The fourth-order valence-corrected chi connectivity index (χ4v) is 1.17. The van der Waals surface area contributed by atoms with Gasteiger partial charge in [-0.15, -0.1) is 0 Å². The molecule has 0 fully saturated rings. The highest BCUT2D eigenvalue weighted by Crippen LogP contribution is 2.11. The van der Waals surface area contributed by atoms with Gasteiger partial charge in [-0.1, -0.05) is 13.8 Å². The molecular formula is C11H21N3O. The minimum Gasteiger partial charge on any atom is -0.383 e. The predicted octanol–water partition coefficient (Wildman–Crippen LogP) is 1.99. The van der Waals surface area contributed by atoms with Gasteiger partial charge in [0.1, 0.15) is 0 Å². The van der Waals surface area contributed by atoms with Gasteiger partial charge in [0.2, 0.25) is 0 Å². The summed E-state index contributed by atoms with van der Waals surface area (Å²) in [7, 11) is 1.70. The molecule has 0 aromatic carbocycles. The molecule has 0 saturated heterocycles. The van der Waals surface area contributed by atoms with Crippen LogP contribution in [-0.4, -0.2) is 29.5 Å². The zero-order valence-electron chi connectivity index (χ0n) is 10.0. The van der Waals surface area contributed by atoms with E-state index >= 15 is 0 Å². The predicted molar refractivity (Wildman–Crippen MR) is 62.0 cm³/mol. The summed E-state index contributed by atoms with van der Waals surface area (Å²) in [5, 5.41) is 7.65. The molecule has 0 saturated carbocycles. The fourth-order valence-electron chi connectivity index (χ4n) is 1.17. The van der Waals surface area contributed by atoms with E-state index in [9.17, 15) is 0 Å². The standard InChI is InChI=1S/C11H21N3O/c1-9(2)10(3)13-11-7-12-14(8-11)5-6-15-4/h7-10,13H,5-6H2,1-4H3. The smallest absolute Gasteiger partial charge is 0.0728 e. The van der Waals surface area contributed by atoms with E-state index in [0.717, 1.165) is 12.2 Å². The van der Waals surface area contributed by atoms with Crippen molar-refractivity contribution in [3.63, 3.8) is 0 Å². The van der Waals surface area contributed by atoms with Crippen LogP contribution in [0.5, 0.6) is 0 Å². The lowest BCUT2D eigenvalue weighted by Crippen LogP contribution is -2.21. The molecule has 0 aliphatic rings. The molecular weight excluding hydrogens is 190 g/mol. The topological polar surface area (TPSA) is 39.1 Å². The molecule has 1 atom stereocenters. The van der Waals surface area contributed by atoms with Gasteiger partial charge in [-0.2, -0.15) is 5.10 Å². The molecule has 86 valence electrons. The molecule has 1 N–H and O–H groups in total. The summed E-state index contributed by atoms with van der Waals surface area (Å²) in [6.45, 7) is 8.08. The third-order valence-electron chi connectivity index (χ3n) is 2.55. The van der Waals surface area contributed by atoms with Gasteiger partial charge >= 0.3 is 0 Å². The largest absolute Gasteiger partial charge is 0.383 e. The van der Waals surface area contributed by atoms with Gasteiger partial charge in [-0.05, 0) is 12.8 Å². The lowest BCUT2D eigenvalue weighted by molar-refractivity contribution is 0.183. The van der Waals surface area contributed by atoms with Crippen LogP contribution in [0, 0.1) is 5.92 Å². The highest BCUT2D eigenvalue weighted by atomic mass is 16.5. The number of anilines is 1. The highest BCUT2D eigenvalue weighted by Gasteiger charge is 2.07. The maximum absolute atomic E-state index is 4.99. The van der Waals surface area contributed by atoms with Gasteiger partial charge < -0.3 is 10.1 Å². The first-order valence-electron chi connectivity index (χ1n) is 5.41. The number of aromatic nitrogens is 2. The van der Waals surface area contributed by atoms with Crippen LogP contribution in [0.2, 0.25) is 0 Å². The molecule has 4 nitrogen and oxygen atoms in total. The Hall–Kier alpha value is -1.03. The van der Waals surface area contributed by atoms with Crippen LogP contribution >= 0.6 is 0 Å². The van der Waals surface area contributed by atoms with E-state index in [2.05, 4.69) is 31.2 Å². The van der Waals surface area contributed by atoms with E-state index in [1.165, 1.54) is 0 Å². The number of nitrogens with zero attached hydrogens (tertiary/aromatic N) is 2. The lowest BCUT2D eigenvalue weighted by atomic mass is 10.1. The zero-order chi connectivity index (χ0) is 11.3. The average molecular weight is 211 g/mol. The van der Waals surface area contributed by atoms with Gasteiger partial charge in [-0.3, -0.25) is 4.68 Å². The second-order valence-corrected chi connectivity index (χ2v) is 4.16. The zero-order valence-corrected chi connectivity index (χ0v) is 10.0. The van der Waals surface area contributed by atoms with Crippen LogP contribution in [0.4, 0.5) is 5.69 Å². The Morgan fingerprint density at radius 3 is 2.80 bits per heavy atom. The van der Waals surface area contributed by atoms with Crippen molar-refractivity contribution in [2.24, 2.45) is 5.92 Å². The molecule has 0 radical (unpaired) electrons. The van der Waals surface area contributed by atoms with Crippen molar-refractivity contribution < 1.29 is 4.74 Å². The molecule has 0 aliphatic carbocycles. The molecule has 1 unspecified atom stereocenters. The van der Waals surface area contributed by atoms with Crippen molar-refractivity contribution in [2.75, 3.05) is 19.0 Å². The molecule has 1 aromatic rings. The molecule has 0 bridgehead atoms. The maximum atomic E-state index is 4.99. The summed E-state index contributed by atoms with van der Waals surface area (Å²) in [5.74, 6) is 0.618. The van der Waals surface area contributed by atoms with Crippen LogP contribution in [0.25, 0.3) is 0 Å². The maximum Gasteiger partial charge on any atom is 0.0728 e. The van der Waals surface area contributed by atoms with Crippen LogP contribution in [0.15, 0.2) is 12.4 Å². The van der Waals surface area contributed by atoms with Crippen molar-refractivity contribution in [1.82, 2.24) is 9.78 Å². The third-order valence-corrected chi connectivity index (χ3v) is 2.55. The molecule has 15 heavy (non-hydrogen) atoms. The highest BCUT2D eigenvalue weighted by molar-refractivity contribution is 5.39. The van der Waals surface area contributed by atoms with Crippen LogP contribution in [0.3, 0.4) is 0 Å². The van der Waals surface area contributed by atoms with E-state index in [1.807, 2.05) is 17.1 Å². The quantitative estimate of drug-likeness (QED) is 0.782. The van der Waals surface area contributed by atoms with Gasteiger partial charge in [0, 0.05) is 19.3 Å². The Labute approximate surface area is 91.6 Å². The first-order valence-corrected chi connectivity index (χ1v) is 5.41. The summed E-state index contributed by atoms with van der Waals surface area (Å²) in [6, 6.07) is 0.463. The molecule has 0 spiro atoms. The SMILES string of the molecule is COCCn1cc(NC(C)C(C)C)cn1. The average Bonchev–Trinajstić information content (AvgIpc) is 2.62. The number of methoxy groups -OCH3 is 1. The Kier molecular flexibility index (Phi) is 4.62. The molecule has 1 aromatic heterocycles. The van der Waals surface area contributed by atoms with Crippen molar-refractivity contribution in [1.29, 1.82) is 0 Å². The number of ether oxygens (including phenoxy) is 1. The monoisotopic (exact) mass is 211 g/mol. The van der Waals surface area contributed by atoms with Crippen LogP contribution in [0.1, 0.15) is 20.8 Å². The molecule has 1 rings (SSSR count). The Morgan fingerprint density at radius 1 is 1.47 bits per heavy atom. The Bertz CT molecular complexity index is 283. The molecule has 1 heterocycles. The van der Waals surface area contributed by atoms with E-state index in [1.54, 1.807) is 7.11 Å². The first kappa shape index (κ1) is 12.0. The van der Waals surface area contributed by atoms with Crippen molar-refractivity contribution in [3.05, 3.63) is 12.4 Å². The second kappa shape index (κ2) is 5.75. The summed E-state index contributed by atoms with van der Waals surface area (Å²) < 4.78 is 6.88. The summed E-state index contributed by atoms with van der Waals surface area (Å²) in [6.07, 6.45) is 3.87. The second-order valence-electron chi connectivity index (χ2n) is 4.16. The molecule has 4 heteroatoms. The van der Waals surface area contributed by atoms with Crippen molar-refractivity contribution in [2.45, 2.75) is 33.4 Å². The van der Waals surface area contributed by atoms with Crippen molar-refractivity contribution in [3.8, 4) is 0 Å². The van der Waals surface area contributed by atoms with Crippen LogP contribution in [-0.2, 0) is 11.3 Å². The Morgan fingerprint density at radius 2 is 2.20 bits per heavy atom. The van der Waals surface area contributed by atoms with E-state index in [4.69, 9.17) is 4.74 Å². The third kappa shape index (κ3) is 3.91. The minimum atomic E-state index is 0.463. The number of rotatable bonds is 6. The Balaban J connectivity index is 2.45. The summed E-state index contributed by atoms with van der Waals surface area (Å²) >= 11 is 0. The van der Waals surface area contributed by atoms with E-state index < -0.39 is 0 Å². The number of hydrogen-bond acceptors (Lipinski definition) is 3. The van der Waals surface area contributed by atoms with E-state index in [-0.39, 0.29) is 0 Å². The summed E-state index contributed by atoms with van der Waals surface area (Å²) in [4.78, 5) is 0. The lowest BCUT2D eigenvalue weighted by Gasteiger charge is -2.16. The molecule has 0 amide bonds. The first-order chi connectivity index (χ1) is 7.13. The minimum absolute atomic E-state index is 0.463. The normalized spacial score (nSPS) is 13.1. The number of nitrogens with one attached hydrogen (secondary N) is 1. The van der Waals surface area contributed by atoms with E-state index in [0.29, 0.717) is 18.6 Å². The van der Waals surface area contributed by atoms with Gasteiger partial charge in [0.15, 0.2) is 0 Å².